The molecule has 21 heavy (non-hydrogen) atoms. The van der Waals surface area contributed by atoms with Gasteiger partial charge in [-0.25, -0.2) is 21.5 Å². The highest BCUT2D eigenvalue weighted by molar-refractivity contribution is 7.99. The number of nitrogens with zero attached hydrogens (tertiary/aromatic N) is 1. The molecule has 1 aliphatic heterocycles. The predicted molar refractivity (Wildman–Crippen MR) is 79.7 cm³/mol. The van der Waals surface area contributed by atoms with Crippen LogP contribution in [-0.4, -0.2) is 36.8 Å². The van der Waals surface area contributed by atoms with Crippen molar-refractivity contribution in [3.8, 4) is 0 Å². The summed E-state index contributed by atoms with van der Waals surface area (Å²) in [5.41, 5.74) is 0.339. The average Bonchev–Trinajstić information content (AvgIpc) is 3.27. The van der Waals surface area contributed by atoms with E-state index in [1.54, 1.807) is 0 Å². The fraction of sp³-hybridized carbons (Fsp3) is 0.571. The number of sulfonamides is 1. The molecule has 2 fully saturated rings. The number of thioether (sulfide) groups is 1. The van der Waals surface area contributed by atoms with Crippen molar-refractivity contribution in [3.63, 3.8) is 0 Å². The van der Waals surface area contributed by atoms with E-state index in [4.69, 9.17) is 0 Å². The zero-order valence-electron chi connectivity index (χ0n) is 11.5. The van der Waals surface area contributed by atoms with E-state index in [1.807, 2.05) is 0 Å². The highest BCUT2D eigenvalue weighted by Gasteiger charge is 2.40. The first-order valence-electron chi connectivity index (χ1n) is 7.04. The van der Waals surface area contributed by atoms with E-state index in [0.29, 0.717) is 30.8 Å². The van der Waals surface area contributed by atoms with Crippen molar-refractivity contribution in [3.05, 3.63) is 35.4 Å². The number of halogens is 2. The maximum atomic E-state index is 13.8. The van der Waals surface area contributed by atoms with Crippen LogP contribution in [0.4, 0.5) is 8.78 Å². The van der Waals surface area contributed by atoms with Crippen LogP contribution in [0.5, 0.6) is 0 Å². The molecule has 3 nitrogen and oxygen atoms in total. The number of hydrogen-bond acceptors (Lipinski definition) is 3. The molecule has 1 aromatic rings. The highest BCUT2D eigenvalue weighted by atomic mass is 32.2. The third-order valence-electron chi connectivity index (χ3n) is 3.91. The molecule has 1 heterocycles. The molecule has 0 amide bonds. The Morgan fingerprint density at radius 3 is 2.62 bits per heavy atom. The van der Waals surface area contributed by atoms with E-state index < -0.39 is 21.7 Å². The van der Waals surface area contributed by atoms with Crippen molar-refractivity contribution < 1.29 is 17.2 Å². The lowest BCUT2D eigenvalue weighted by atomic mass is 10.1. The van der Waals surface area contributed by atoms with E-state index >= 15 is 0 Å². The molecule has 0 bridgehead atoms. The third kappa shape index (κ3) is 3.24. The van der Waals surface area contributed by atoms with Gasteiger partial charge in [-0.1, -0.05) is 0 Å². The Bertz CT molecular complexity index is 632. The second-order valence-electron chi connectivity index (χ2n) is 5.46. The number of benzene rings is 1. The average molecular weight is 333 g/mol. The minimum atomic E-state index is -3.18. The van der Waals surface area contributed by atoms with Gasteiger partial charge in [-0.15, -0.1) is 0 Å². The van der Waals surface area contributed by atoms with E-state index in [0.717, 1.165) is 25.0 Å². The lowest BCUT2D eigenvalue weighted by Crippen LogP contribution is -2.35. The fourth-order valence-electron chi connectivity index (χ4n) is 2.59. The van der Waals surface area contributed by atoms with Crippen molar-refractivity contribution in [1.29, 1.82) is 0 Å². The summed E-state index contributed by atoms with van der Waals surface area (Å²) < 4.78 is 53.2. The summed E-state index contributed by atoms with van der Waals surface area (Å²) in [5.74, 6) is -0.279. The maximum Gasteiger partial charge on any atom is 0.217 e. The molecule has 0 N–H and O–H groups in total. The van der Waals surface area contributed by atoms with Crippen LogP contribution in [0.3, 0.4) is 0 Å². The molecule has 0 radical (unpaired) electrons. The van der Waals surface area contributed by atoms with Gasteiger partial charge in [0.25, 0.3) is 0 Å². The zero-order chi connectivity index (χ0) is 15.0. The standard InChI is InChI=1S/C14H17F2NO2S2/c15-10-1-4-13(16)12(9-10)14-5-6-17(7-8-20-14)21(18,19)11-2-3-11/h1,4,9,11,14H,2-3,5-8H2/t14-/m0/s1. The molecule has 116 valence electrons. The topological polar surface area (TPSA) is 37.4 Å². The molecule has 1 aromatic carbocycles. The Labute approximate surface area is 127 Å². The summed E-state index contributed by atoms with van der Waals surface area (Å²) in [7, 11) is -3.18. The zero-order valence-corrected chi connectivity index (χ0v) is 13.1. The summed E-state index contributed by atoms with van der Waals surface area (Å²) in [6.45, 7) is 0.837. The smallest absolute Gasteiger partial charge is 0.212 e. The summed E-state index contributed by atoms with van der Waals surface area (Å²) in [6.07, 6.45) is 2.00. The van der Waals surface area contributed by atoms with Crippen molar-refractivity contribution in [2.45, 2.75) is 29.8 Å². The Kier molecular flexibility index (Phi) is 4.25. The van der Waals surface area contributed by atoms with Crippen LogP contribution in [0.15, 0.2) is 18.2 Å². The first kappa shape index (κ1) is 15.2. The second-order valence-corrected chi connectivity index (χ2v) is 8.98. The third-order valence-corrected chi connectivity index (χ3v) is 7.62. The summed E-state index contributed by atoms with van der Waals surface area (Å²) in [4.78, 5) is 0. The van der Waals surface area contributed by atoms with Crippen LogP contribution in [-0.2, 0) is 10.0 Å². The Morgan fingerprint density at radius 1 is 1.14 bits per heavy atom. The van der Waals surface area contributed by atoms with Gasteiger partial charge < -0.3 is 0 Å². The quantitative estimate of drug-likeness (QED) is 0.853. The van der Waals surface area contributed by atoms with Crippen LogP contribution in [0, 0.1) is 11.6 Å². The molecular formula is C14H17F2NO2S2. The molecule has 1 saturated heterocycles. The van der Waals surface area contributed by atoms with E-state index in [9.17, 15) is 17.2 Å². The van der Waals surface area contributed by atoms with Gasteiger partial charge in [-0.05, 0) is 37.5 Å². The van der Waals surface area contributed by atoms with Crippen molar-refractivity contribution in [2.75, 3.05) is 18.8 Å². The van der Waals surface area contributed by atoms with Crippen LogP contribution in [0.2, 0.25) is 0 Å². The summed E-state index contributed by atoms with van der Waals surface area (Å²) >= 11 is 1.50. The second kappa shape index (κ2) is 5.85. The molecule has 3 rings (SSSR count). The molecule has 7 heteroatoms. The Hall–Kier alpha value is -0.660. The highest BCUT2D eigenvalue weighted by Crippen LogP contribution is 2.38. The van der Waals surface area contributed by atoms with Crippen LogP contribution >= 0.6 is 11.8 Å². The molecule has 0 unspecified atom stereocenters. The summed E-state index contributed by atoms with van der Waals surface area (Å²) in [6, 6.07) is 3.46. The lowest BCUT2D eigenvalue weighted by molar-refractivity contribution is 0.425. The van der Waals surface area contributed by atoms with Crippen molar-refractivity contribution in [2.24, 2.45) is 0 Å². The van der Waals surface area contributed by atoms with Crippen LogP contribution in [0.1, 0.15) is 30.1 Å². The molecular weight excluding hydrogens is 316 g/mol. The van der Waals surface area contributed by atoms with Crippen molar-refractivity contribution in [1.82, 2.24) is 4.31 Å². The normalized spacial score (nSPS) is 24.8. The van der Waals surface area contributed by atoms with Gasteiger partial charge in [0.15, 0.2) is 0 Å². The molecule has 2 aliphatic rings. The Morgan fingerprint density at radius 2 is 1.90 bits per heavy atom. The first-order valence-corrected chi connectivity index (χ1v) is 9.59. The number of hydrogen-bond donors (Lipinski definition) is 0. The van der Waals surface area contributed by atoms with Gasteiger partial charge in [0.2, 0.25) is 10.0 Å². The van der Waals surface area contributed by atoms with E-state index in [1.165, 1.54) is 22.1 Å². The van der Waals surface area contributed by atoms with Gasteiger partial charge in [0.05, 0.1) is 5.25 Å². The predicted octanol–water partition coefficient (Wildman–Crippen LogP) is 2.94. The molecule has 0 aromatic heterocycles. The minimum Gasteiger partial charge on any atom is -0.212 e. The van der Waals surface area contributed by atoms with Gasteiger partial charge in [0.1, 0.15) is 11.6 Å². The minimum absolute atomic E-state index is 0.194. The molecule has 0 spiro atoms. The van der Waals surface area contributed by atoms with Crippen LogP contribution < -0.4 is 0 Å². The van der Waals surface area contributed by atoms with Gasteiger partial charge in [-0.2, -0.15) is 11.8 Å². The van der Waals surface area contributed by atoms with E-state index in [2.05, 4.69) is 0 Å². The van der Waals surface area contributed by atoms with E-state index in [-0.39, 0.29) is 10.5 Å². The maximum absolute atomic E-state index is 13.8. The van der Waals surface area contributed by atoms with Gasteiger partial charge in [-0.3, -0.25) is 0 Å². The largest absolute Gasteiger partial charge is 0.217 e. The van der Waals surface area contributed by atoms with Gasteiger partial charge >= 0.3 is 0 Å². The first-order chi connectivity index (χ1) is 9.98. The Balaban J connectivity index is 1.75. The molecule has 1 saturated carbocycles. The fourth-order valence-corrected chi connectivity index (χ4v) is 5.81. The monoisotopic (exact) mass is 333 g/mol. The SMILES string of the molecule is O=S(=O)(C1CC1)N1CCS[C@H](c2cc(F)ccc2F)CC1. The van der Waals surface area contributed by atoms with Gasteiger partial charge in [0, 0.05) is 29.7 Å². The lowest BCUT2D eigenvalue weighted by Gasteiger charge is -2.19. The van der Waals surface area contributed by atoms with Crippen LogP contribution in [0.25, 0.3) is 0 Å². The summed E-state index contributed by atoms with van der Waals surface area (Å²) in [5, 5.41) is -0.412. The molecule has 1 aliphatic carbocycles. The molecule has 1 atom stereocenters. The van der Waals surface area contributed by atoms with Crippen molar-refractivity contribution >= 4 is 21.8 Å². The number of rotatable bonds is 3.